The van der Waals surface area contributed by atoms with Crippen LogP contribution in [0.2, 0.25) is 10.6 Å². The van der Waals surface area contributed by atoms with Gasteiger partial charge in [0.15, 0.2) is 5.75 Å². The summed E-state index contributed by atoms with van der Waals surface area (Å²) in [5.41, 5.74) is -0.827. The van der Waals surface area contributed by atoms with Crippen LogP contribution < -0.4 is 64.4 Å². The van der Waals surface area contributed by atoms with Crippen LogP contribution in [0.1, 0.15) is 0 Å². The number of nitrogens with zero attached hydrogens (tertiary/aromatic N) is 5. The minimum Gasteiger partial charge on any atom is -0.744 e. The smallest absolute Gasteiger partial charge is 0.744 e. The fraction of sp³-hybridized carbons (Fsp3) is 0. The Hall–Kier alpha value is -1.47. The molecule has 0 fully saturated rings. The molecule has 0 aliphatic carbocycles. The molecule has 0 amide bonds. The third kappa shape index (κ3) is 7.59. The summed E-state index contributed by atoms with van der Waals surface area (Å²) in [6.45, 7) is 0. The van der Waals surface area contributed by atoms with E-state index in [1.54, 1.807) is 0 Å². The number of nitrogens with one attached hydrogen (secondary N) is 1. The minimum atomic E-state index is -5.04. The van der Waals surface area contributed by atoms with Crippen LogP contribution in [0.5, 0.6) is 5.75 Å². The van der Waals surface area contributed by atoms with Crippen molar-refractivity contribution in [3.63, 3.8) is 0 Å². The molecule has 4 aromatic rings. The Morgan fingerprint density at radius 2 is 1.32 bits per heavy atom. The zero-order valence-corrected chi connectivity index (χ0v) is 26.5. The van der Waals surface area contributed by atoms with E-state index in [0.29, 0.717) is 0 Å². The molecule has 1 heterocycles. The fourth-order valence-electron chi connectivity index (χ4n) is 3.10. The van der Waals surface area contributed by atoms with Gasteiger partial charge in [-0.25, -0.2) is 16.8 Å². The number of anilines is 2. The van der Waals surface area contributed by atoms with Crippen molar-refractivity contribution >= 4 is 77.2 Å². The molecule has 0 saturated carbocycles. The van der Waals surface area contributed by atoms with Crippen molar-refractivity contribution in [2.75, 3.05) is 5.32 Å². The molecule has 1 aromatic heterocycles. The number of benzene rings is 3. The van der Waals surface area contributed by atoms with Crippen molar-refractivity contribution in [1.29, 1.82) is 0 Å². The van der Waals surface area contributed by atoms with E-state index >= 15 is 0 Å². The third-order valence-electron chi connectivity index (χ3n) is 4.56. The maximum absolute atomic E-state index is 11.8. The fourth-order valence-corrected chi connectivity index (χ4v) is 4.76. The predicted molar refractivity (Wildman–Crippen MR) is 125 cm³/mol. The summed E-state index contributed by atoms with van der Waals surface area (Å²) < 4.78 is 70.5. The quantitative estimate of drug-likeness (QED) is 0.138. The van der Waals surface area contributed by atoms with Crippen molar-refractivity contribution < 1.29 is 90.2 Å². The van der Waals surface area contributed by atoms with Crippen LogP contribution in [-0.4, -0.2) is 46.0 Å². The molecule has 4 rings (SSSR count). The van der Waals surface area contributed by atoms with Crippen LogP contribution in [0, 0.1) is 0 Å². The molecule has 3 aromatic carbocycles. The van der Waals surface area contributed by atoms with Crippen molar-refractivity contribution in [3.8, 4) is 5.75 Å². The Balaban J connectivity index is 0.00000253. The maximum atomic E-state index is 11.8. The summed E-state index contributed by atoms with van der Waals surface area (Å²) in [6, 6.07) is 9.62. The van der Waals surface area contributed by atoms with Crippen LogP contribution in [-0.2, 0) is 20.2 Å². The van der Waals surface area contributed by atoms with Crippen LogP contribution in [0.15, 0.2) is 68.6 Å². The first-order valence-electron chi connectivity index (χ1n) is 9.39. The molecule has 0 radical (unpaired) electrons. The van der Waals surface area contributed by atoms with Crippen LogP contribution in [0.25, 0.3) is 10.8 Å². The van der Waals surface area contributed by atoms with Crippen LogP contribution in [0.3, 0.4) is 0 Å². The Bertz CT molecular complexity index is 1760. The van der Waals surface area contributed by atoms with Crippen molar-refractivity contribution in [3.05, 3.63) is 59.1 Å². The maximum Gasteiger partial charge on any atom is 1.00 e. The SMILES string of the molecule is O=S(=O)([O-])c1ccc(Nc2nc(Cl)nc(Cl)n2)cc1N=Nc1cc(S(=O)(=O)[O-])c2ccccc2c1O.[Na+].[Na+]. The topological polar surface area (TPSA) is 210 Å². The van der Waals surface area contributed by atoms with Gasteiger partial charge < -0.3 is 19.5 Å². The van der Waals surface area contributed by atoms with Gasteiger partial charge in [0.2, 0.25) is 16.5 Å². The second kappa shape index (κ2) is 12.8. The number of aromatic nitrogens is 3. The molecule has 13 nitrogen and oxygen atoms in total. The molecule has 2 N–H and O–H groups in total. The van der Waals surface area contributed by atoms with E-state index in [4.69, 9.17) is 23.2 Å². The van der Waals surface area contributed by atoms with E-state index in [1.807, 2.05) is 0 Å². The van der Waals surface area contributed by atoms with Gasteiger partial charge in [-0.1, -0.05) is 24.3 Å². The van der Waals surface area contributed by atoms with Gasteiger partial charge in [-0.05, 0) is 47.5 Å². The molecular weight excluding hydrogens is 605 g/mol. The first-order chi connectivity index (χ1) is 16.8. The van der Waals surface area contributed by atoms with E-state index in [1.165, 1.54) is 30.3 Å². The summed E-state index contributed by atoms with van der Waals surface area (Å²) in [4.78, 5) is 9.71. The molecule has 19 heteroatoms. The van der Waals surface area contributed by atoms with Crippen molar-refractivity contribution in [1.82, 2.24) is 15.0 Å². The van der Waals surface area contributed by atoms with E-state index in [0.717, 1.165) is 18.2 Å². The third-order valence-corrected chi connectivity index (χ3v) is 6.66. The molecule has 0 atom stereocenters. The summed E-state index contributed by atoms with van der Waals surface area (Å²) in [5.74, 6) is -0.643. The first kappa shape index (κ1) is 32.7. The Kier molecular flexibility index (Phi) is 11.0. The van der Waals surface area contributed by atoms with Gasteiger partial charge in [0.1, 0.15) is 31.6 Å². The van der Waals surface area contributed by atoms with Crippen LogP contribution in [0.4, 0.5) is 23.0 Å². The number of fused-ring (bicyclic) bond motifs is 1. The Morgan fingerprint density at radius 3 is 1.89 bits per heavy atom. The predicted octanol–water partition coefficient (Wildman–Crippen LogP) is -1.99. The molecule has 0 aliphatic rings. The van der Waals surface area contributed by atoms with E-state index in [-0.39, 0.29) is 92.1 Å². The number of halogens is 2. The average Bonchev–Trinajstić information content (AvgIpc) is 2.76. The zero-order chi connectivity index (χ0) is 26.3. The van der Waals surface area contributed by atoms with Gasteiger partial charge in [0.05, 0.1) is 9.79 Å². The number of hydrogen-bond acceptors (Lipinski definition) is 13. The second-order valence-electron chi connectivity index (χ2n) is 6.90. The van der Waals surface area contributed by atoms with Gasteiger partial charge in [0.25, 0.3) is 0 Å². The average molecular weight is 615 g/mol. The number of rotatable bonds is 6. The normalized spacial score (nSPS) is 11.7. The monoisotopic (exact) mass is 614 g/mol. The molecule has 0 bridgehead atoms. The Labute approximate surface area is 269 Å². The molecule has 0 saturated heterocycles. The number of phenolic OH excluding ortho intramolecular Hbond substituents is 1. The van der Waals surface area contributed by atoms with Gasteiger partial charge in [-0.2, -0.15) is 15.0 Å². The molecule has 0 unspecified atom stereocenters. The number of hydrogen-bond donors (Lipinski definition) is 2. The van der Waals surface area contributed by atoms with Crippen molar-refractivity contribution in [2.24, 2.45) is 10.2 Å². The van der Waals surface area contributed by atoms with Crippen molar-refractivity contribution in [2.45, 2.75) is 9.79 Å². The van der Waals surface area contributed by atoms with Gasteiger partial charge in [-0.15, -0.1) is 10.2 Å². The molecule has 38 heavy (non-hydrogen) atoms. The van der Waals surface area contributed by atoms with E-state index in [2.05, 4.69) is 30.5 Å². The number of phenols is 1. The summed E-state index contributed by atoms with van der Waals surface area (Å²) in [6.07, 6.45) is 0. The summed E-state index contributed by atoms with van der Waals surface area (Å²) >= 11 is 11.4. The standard InChI is InChI=1S/C19H12Cl2N6O7S2.2Na/c20-17-23-18(21)25-19(24-17)22-9-5-6-14(35(29,30)31)12(7-9)26-27-13-8-15(36(32,33)34)10-3-1-2-4-11(10)16(13)28;;/h1-8,28H,(H,29,30,31)(H,32,33,34)(H,22,23,24,25);;/q;2*+1/p-2. The molecule has 0 aliphatic heterocycles. The van der Waals surface area contributed by atoms with Crippen LogP contribution >= 0.6 is 23.2 Å². The minimum absolute atomic E-state index is 0. The molecular formula is C19H10Cl2N6Na2O7S2. The molecule has 186 valence electrons. The Morgan fingerprint density at radius 1 is 0.763 bits per heavy atom. The van der Waals surface area contributed by atoms with Gasteiger partial charge >= 0.3 is 59.1 Å². The number of azo groups is 1. The molecule has 0 spiro atoms. The summed E-state index contributed by atoms with van der Waals surface area (Å²) in [7, 11) is -10.0. The summed E-state index contributed by atoms with van der Waals surface area (Å²) in [5, 5.41) is 20.1. The second-order valence-corrected chi connectivity index (χ2v) is 10.3. The van der Waals surface area contributed by atoms with E-state index < -0.39 is 47.2 Å². The van der Waals surface area contributed by atoms with Gasteiger partial charge in [-0.3, -0.25) is 0 Å². The zero-order valence-electron chi connectivity index (χ0n) is 19.3. The van der Waals surface area contributed by atoms with E-state index in [9.17, 15) is 31.0 Å². The largest absolute Gasteiger partial charge is 1.00 e. The van der Waals surface area contributed by atoms with Gasteiger partial charge in [0, 0.05) is 16.5 Å². The number of aromatic hydroxyl groups is 1. The first-order valence-corrected chi connectivity index (χ1v) is 13.0.